The summed E-state index contributed by atoms with van der Waals surface area (Å²) in [7, 11) is -3.56. The van der Waals surface area contributed by atoms with Crippen LogP contribution in [-0.2, 0) is 16.6 Å². The van der Waals surface area contributed by atoms with Crippen molar-refractivity contribution in [2.75, 3.05) is 6.79 Å². The molecule has 1 aromatic rings. The van der Waals surface area contributed by atoms with Gasteiger partial charge in [0.15, 0.2) is 11.5 Å². The maximum atomic E-state index is 11.8. The molecule has 0 saturated carbocycles. The summed E-state index contributed by atoms with van der Waals surface area (Å²) in [6.45, 7) is 1.78. The average Bonchev–Trinajstić information content (AvgIpc) is 2.82. The highest BCUT2D eigenvalue weighted by atomic mass is 32.2. The van der Waals surface area contributed by atoms with Crippen molar-refractivity contribution < 1.29 is 17.9 Å². The van der Waals surface area contributed by atoms with E-state index < -0.39 is 15.3 Å². The Kier molecular flexibility index (Phi) is 3.93. The quantitative estimate of drug-likeness (QED) is 0.770. The zero-order valence-corrected chi connectivity index (χ0v) is 11.9. The number of nitrogens with one attached hydrogen (secondary N) is 1. The minimum absolute atomic E-state index is 0.0572. The van der Waals surface area contributed by atoms with Crippen molar-refractivity contribution in [1.29, 1.82) is 0 Å². The fourth-order valence-electron chi connectivity index (χ4n) is 1.51. The fraction of sp³-hybridized carbons (Fsp3) is 0.364. The lowest BCUT2D eigenvalue weighted by atomic mass is 10.2. The van der Waals surface area contributed by atoms with E-state index in [1.165, 1.54) is 6.92 Å². The minimum Gasteiger partial charge on any atom is -0.454 e. The maximum Gasteiger partial charge on any atom is 0.231 e. The summed E-state index contributed by atoms with van der Waals surface area (Å²) in [5.41, 5.74) is 6.11. The summed E-state index contributed by atoms with van der Waals surface area (Å²) in [4.78, 5) is -0.0572. The first kappa shape index (κ1) is 14.0. The van der Waals surface area contributed by atoms with Crippen LogP contribution >= 0.6 is 12.2 Å². The number of nitrogens with two attached hydrogens (primary N) is 1. The van der Waals surface area contributed by atoms with Gasteiger partial charge in [-0.2, -0.15) is 0 Å². The molecular weight excluding hydrogens is 288 g/mol. The van der Waals surface area contributed by atoms with Gasteiger partial charge < -0.3 is 15.2 Å². The molecule has 8 heteroatoms. The number of thiocarbonyl (C=S) groups is 1. The highest BCUT2D eigenvalue weighted by Crippen LogP contribution is 2.32. The zero-order valence-electron chi connectivity index (χ0n) is 10.3. The third-order valence-electron chi connectivity index (χ3n) is 2.78. The molecular formula is C11H14N2O4S2. The van der Waals surface area contributed by atoms with Crippen molar-refractivity contribution in [3.05, 3.63) is 23.8 Å². The standard InChI is InChI=1S/C11H14N2O4S2/c1-7(11(12)18)19(14,15)13-5-8-2-3-9-10(4-8)17-6-16-9/h2-4,7,13H,5-6H2,1H3,(H2,12,18). The van der Waals surface area contributed by atoms with E-state index in [-0.39, 0.29) is 18.3 Å². The Hall–Kier alpha value is -1.38. The van der Waals surface area contributed by atoms with E-state index in [2.05, 4.69) is 16.9 Å². The summed E-state index contributed by atoms with van der Waals surface area (Å²) in [6, 6.07) is 5.24. The Morgan fingerprint density at radius 3 is 2.84 bits per heavy atom. The molecule has 0 bridgehead atoms. The van der Waals surface area contributed by atoms with Crippen LogP contribution in [0.25, 0.3) is 0 Å². The molecule has 1 aliphatic heterocycles. The van der Waals surface area contributed by atoms with Crippen molar-refractivity contribution in [2.45, 2.75) is 18.7 Å². The van der Waals surface area contributed by atoms with Crippen LogP contribution in [-0.4, -0.2) is 25.4 Å². The van der Waals surface area contributed by atoms with Crippen LogP contribution in [0.15, 0.2) is 18.2 Å². The molecule has 0 radical (unpaired) electrons. The van der Waals surface area contributed by atoms with Gasteiger partial charge in [0, 0.05) is 6.54 Å². The van der Waals surface area contributed by atoms with Crippen LogP contribution in [0.1, 0.15) is 12.5 Å². The molecule has 0 amide bonds. The third-order valence-corrected chi connectivity index (χ3v) is 5.01. The summed E-state index contributed by atoms with van der Waals surface area (Å²) in [6.07, 6.45) is 0. The summed E-state index contributed by atoms with van der Waals surface area (Å²) < 4.78 is 36.5. The third kappa shape index (κ3) is 3.14. The van der Waals surface area contributed by atoms with E-state index in [1.54, 1.807) is 18.2 Å². The Morgan fingerprint density at radius 2 is 2.16 bits per heavy atom. The first-order valence-electron chi connectivity index (χ1n) is 5.56. The molecule has 0 fully saturated rings. The molecule has 1 heterocycles. The van der Waals surface area contributed by atoms with Crippen molar-refractivity contribution in [3.63, 3.8) is 0 Å². The maximum absolute atomic E-state index is 11.8. The molecule has 0 spiro atoms. The molecule has 104 valence electrons. The second-order valence-corrected chi connectivity index (χ2v) is 6.66. The normalized spacial score (nSPS) is 15.2. The van der Waals surface area contributed by atoms with Crippen molar-refractivity contribution in [2.24, 2.45) is 5.73 Å². The van der Waals surface area contributed by atoms with E-state index in [4.69, 9.17) is 15.2 Å². The average molecular weight is 302 g/mol. The Labute approximate surface area is 116 Å². The molecule has 0 aliphatic carbocycles. The summed E-state index contributed by atoms with van der Waals surface area (Å²) in [5.74, 6) is 1.27. The molecule has 0 saturated heterocycles. The summed E-state index contributed by atoms with van der Waals surface area (Å²) in [5, 5.41) is -0.906. The van der Waals surface area contributed by atoms with Gasteiger partial charge in [0.2, 0.25) is 16.8 Å². The van der Waals surface area contributed by atoms with Gasteiger partial charge in [-0.15, -0.1) is 0 Å². The molecule has 2 rings (SSSR count). The number of benzene rings is 1. The van der Waals surface area contributed by atoms with E-state index in [9.17, 15) is 8.42 Å². The summed E-state index contributed by atoms with van der Waals surface area (Å²) >= 11 is 4.68. The number of rotatable bonds is 5. The number of hydrogen-bond donors (Lipinski definition) is 2. The van der Waals surface area contributed by atoms with Crippen LogP contribution in [0.5, 0.6) is 11.5 Å². The first-order valence-corrected chi connectivity index (χ1v) is 7.52. The van der Waals surface area contributed by atoms with Gasteiger partial charge in [-0.25, -0.2) is 13.1 Å². The predicted molar refractivity (Wildman–Crippen MR) is 74.6 cm³/mol. The molecule has 1 unspecified atom stereocenters. The number of ether oxygens (including phenoxy) is 2. The fourth-order valence-corrected chi connectivity index (χ4v) is 2.82. The van der Waals surface area contributed by atoms with Gasteiger partial charge in [-0.05, 0) is 24.6 Å². The monoisotopic (exact) mass is 302 g/mol. The van der Waals surface area contributed by atoms with Gasteiger partial charge in [0.1, 0.15) is 5.25 Å². The number of hydrogen-bond acceptors (Lipinski definition) is 5. The molecule has 19 heavy (non-hydrogen) atoms. The van der Waals surface area contributed by atoms with Crippen molar-refractivity contribution >= 4 is 27.2 Å². The highest BCUT2D eigenvalue weighted by Gasteiger charge is 2.23. The lowest BCUT2D eigenvalue weighted by molar-refractivity contribution is 0.174. The molecule has 1 aromatic carbocycles. The van der Waals surface area contributed by atoms with Crippen LogP contribution in [0.3, 0.4) is 0 Å². The van der Waals surface area contributed by atoms with E-state index in [0.717, 1.165) is 5.56 Å². The first-order chi connectivity index (χ1) is 8.90. The lowest BCUT2D eigenvalue weighted by Gasteiger charge is -2.12. The van der Waals surface area contributed by atoms with Crippen LogP contribution in [0.2, 0.25) is 0 Å². The smallest absolute Gasteiger partial charge is 0.231 e. The Bertz CT molecular complexity index is 601. The highest BCUT2D eigenvalue weighted by molar-refractivity contribution is 7.93. The van der Waals surface area contributed by atoms with Crippen molar-refractivity contribution in [1.82, 2.24) is 4.72 Å². The van der Waals surface area contributed by atoms with Crippen LogP contribution in [0.4, 0.5) is 0 Å². The predicted octanol–water partition coefficient (Wildman–Crippen LogP) is 0.509. The lowest BCUT2D eigenvalue weighted by Crippen LogP contribution is -2.39. The van der Waals surface area contributed by atoms with E-state index in [0.29, 0.717) is 11.5 Å². The topological polar surface area (TPSA) is 90.7 Å². The molecule has 1 atom stereocenters. The largest absolute Gasteiger partial charge is 0.454 e. The van der Waals surface area contributed by atoms with E-state index >= 15 is 0 Å². The second kappa shape index (κ2) is 5.32. The Balaban J connectivity index is 2.05. The van der Waals surface area contributed by atoms with Crippen molar-refractivity contribution in [3.8, 4) is 11.5 Å². The van der Waals surface area contributed by atoms with Gasteiger partial charge in [0.05, 0.1) is 4.99 Å². The van der Waals surface area contributed by atoms with Gasteiger partial charge in [0.25, 0.3) is 0 Å². The zero-order chi connectivity index (χ0) is 14.0. The second-order valence-electron chi connectivity index (χ2n) is 4.10. The van der Waals surface area contributed by atoms with Gasteiger partial charge >= 0.3 is 0 Å². The van der Waals surface area contributed by atoms with Gasteiger partial charge in [-0.3, -0.25) is 0 Å². The van der Waals surface area contributed by atoms with E-state index in [1.807, 2.05) is 0 Å². The molecule has 1 aliphatic rings. The van der Waals surface area contributed by atoms with Gasteiger partial charge in [-0.1, -0.05) is 18.3 Å². The molecule has 0 aromatic heterocycles. The van der Waals surface area contributed by atoms with Crippen LogP contribution in [0, 0.1) is 0 Å². The molecule has 3 N–H and O–H groups in total. The number of fused-ring (bicyclic) bond motifs is 1. The Morgan fingerprint density at radius 1 is 1.47 bits per heavy atom. The molecule has 6 nitrogen and oxygen atoms in total. The van der Waals surface area contributed by atoms with Crippen LogP contribution < -0.4 is 19.9 Å². The SMILES string of the molecule is CC(C(N)=S)S(=O)(=O)NCc1ccc2c(c1)OCO2. The number of sulfonamides is 1. The minimum atomic E-state index is -3.56.